The number of hydrogen-bond acceptors (Lipinski definition) is 2. The third-order valence-electron chi connectivity index (χ3n) is 11.5. The summed E-state index contributed by atoms with van der Waals surface area (Å²) in [5, 5.41) is 7.12. The first-order valence-electron chi connectivity index (χ1n) is 19.8. The quantitative estimate of drug-likeness (QED) is 0.162. The van der Waals surface area contributed by atoms with Gasteiger partial charge in [0.15, 0.2) is 0 Å². The molecule has 1 aromatic heterocycles. The number of nitrogens with zero attached hydrogens (tertiary/aromatic N) is 1. The average Bonchev–Trinajstić information content (AvgIpc) is 3.69. The van der Waals surface area contributed by atoms with E-state index in [9.17, 15) is 0 Å². The molecule has 1 heterocycles. The lowest BCUT2D eigenvalue weighted by Crippen LogP contribution is -2.11. The highest BCUT2D eigenvalue weighted by Gasteiger charge is 2.21. The molecule has 2 heteroatoms. The van der Waals surface area contributed by atoms with Gasteiger partial charge in [-0.15, -0.1) is 0 Å². The maximum Gasteiger partial charge on any atom is 0.136 e. The molecule has 0 N–H and O–H groups in total. The number of furan rings is 1. The van der Waals surface area contributed by atoms with Gasteiger partial charge in [-0.25, -0.2) is 0 Å². The van der Waals surface area contributed by atoms with E-state index in [4.69, 9.17) is 4.42 Å². The van der Waals surface area contributed by atoms with E-state index in [1.807, 2.05) is 6.07 Å². The van der Waals surface area contributed by atoms with Crippen LogP contribution in [-0.4, -0.2) is 0 Å². The monoisotopic (exact) mass is 739 g/mol. The zero-order valence-corrected chi connectivity index (χ0v) is 31.7. The molecule has 10 aromatic carbocycles. The fourth-order valence-electron chi connectivity index (χ4n) is 8.71. The van der Waals surface area contributed by atoms with Crippen molar-refractivity contribution in [1.29, 1.82) is 0 Å². The molecule has 0 aliphatic heterocycles. The minimum absolute atomic E-state index is 0.906. The normalized spacial score (nSPS) is 11.4. The number of anilines is 3. The van der Waals surface area contributed by atoms with Crippen LogP contribution >= 0.6 is 0 Å². The molecule has 0 saturated heterocycles. The Labute approximate surface area is 337 Å². The van der Waals surface area contributed by atoms with Crippen LogP contribution < -0.4 is 4.90 Å². The molecular weight excluding hydrogens is 703 g/mol. The summed E-state index contributed by atoms with van der Waals surface area (Å²) >= 11 is 0. The van der Waals surface area contributed by atoms with Crippen molar-refractivity contribution < 1.29 is 4.42 Å². The van der Waals surface area contributed by atoms with E-state index in [1.165, 1.54) is 49.4 Å². The zero-order valence-electron chi connectivity index (χ0n) is 31.7. The average molecular weight is 740 g/mol. The Morgan fingerprint density at radius 1 is 0.293 bits per heavy atom. The maximum atomic E-state index is 6.32. The van der Waals surface area contributed by atoms with Crippen molar-refractivity contribution in [2.75, 3.05) is 4.90 Å². The van der Waals surface area contributed by atoms with Crippen LogP contribution in [0.15, 0.2) is 229 Å². The van der Waals surface area contributed by atoms with Crippen molar-refractivity contribution in [2.24, 2.45) is 0 Å². The topological polar surface area (TPSA) is 16.4 Å². The summed E-state index contributed by atoms with van der Waals surface area (Å²) < 4.78 is 6.32. The summed E-state index contributed by atoms with van der Waals surface area (Å²) in [5.41, 5.74) is 14.5. The van der Waals surface area contributed by atoms with E-state index < -0.39 is 0 Å². The van der Waals surface area contributed by atoms with Crippen molar-refractivity contribution in [3.63, 3.8) is 0 Å². The zero-order chi connectivity index (χ0) is 38.4. The summed E-state index contributed by atoms with van der Waals surface area (Å²) in [4.78, 5) is 2.42. The third-order valence-corrected chi connectivity index (χ3v) is 11.5. The third kappa shape index (κ3) is 5.82. The SMILES string of the molecule is c1ccc(-c2ccc(N(c3ccc(-c4ccc5ccc6oc7ccccc7c6c5c4)c(-c4ccccc4)c3)c3ccccc3-c3cccc4ccccc34)cc2)cc1. The number of hydrogen-bond donors (Lipinski definition) is 0. The van der Waals surface area contributed by atoms with E-state index in [-0.39, 0.29) is 0 Å². The number of benzene rings is 10. The van der Waals surface area contributed by atoms with Gasteiger partial charge in [0.1, 0.15) is 11.2 Å². The van der Waals surface area contributed by atoms with Crippen LogP contribution in [0.25, 0.3) is 88.0 Å². The lowest BCUT2D eigenvalue weighted by molar-refractivity contribution is 0.669. The number of rotatable bonds is 7. The molecule has 0 aliphatic carbocycles. The smallest absolute Gasteiger partial charge is 0.136 e. The molecule has 0 spiro atoms. The Morgan fingerprint density at radius 2 is 0.897 bits per heavy atom. The Hall–Kier alpha value is -7.68. The molecule has 272 valence electrons. The van der Waals surface area contributed by atoms with Crippen LogP contribution in [0.4, 0.5) is 17.1 Å². The second kappa shape index (κ2) is 14.1. The predicted octanol–water partition coefficient (Wildman–Crippen LogP) is 16.0. The highest BCUT2D eigenvalue weighted by Crippen LogP contribution is 2.46. The van der Waals surface area contributed by atoms with Crippen molar-refractivity contribution in [2.45, 2.75) is 0 Å². The summed E-state index contributed by atoms with van der Waals surface area (Å²) in [6.07, 6.45) is 0. The first kappa shape index (κ1) is 33.6. The molecule has 0 atom stereocenters. The van der Waals surface area contributed by atoms with Crippen LogP contribution in [0.1, 0.15) is 0 Å². The standard InChI is InChI=1S/C56H37NO/c1-3-14-38(15-4-1)39-28-31-44(32-29-39)57(53-24-11-9-21-49(53)48-23-13-19-40-18-7-8-20-46(40)48)45-33-34-47(51(37-45)41-16-5-2-6-17-41)43-27-26-42-30-35-55-56(52(42)36-43)50-22-10-12-25-54(50)58-55/h1-37H. The largest absolute Gasteiger partial charge is 0.456 e. The first-order chi connectivity index (χ1) is 28.8. The molecule has 0 saturated carbocycles. The van der Waals surface area contributed by atoms with Gasteiger partial charge in [-0.2, -0.15) is 0 Å². The fraction of sp³-hybridized carbons (Fsp3) is 0. The van der Waals surface area contributed by atoms with Gasteiger partial charge < -0.3 is 9.32 Å². The summed E-state index contributed by atoms with van der Waals surface area (Å²) in [6, 6.07) is 80.8. The van der Waals surface area contributed by atoms with Crippen LogP contribution in [0.3, 0.4) is 0 Å². The minimum atomic E-state index is 0.906. The first-order valence-corrected chi connectivity index (χ1v) is 19.8. The van der Waals surface area contributed by atoms with E-state index in [1.54, 1.807) is 0 Å². The number of para-hydroxylation sites is 2. The van der Waals surface area contributed by atoms with E-state index in [0.717, 1.165) is 55.7 Å². The number of fused-ring (bicyclic) bond motifs is 6. The van der Waals surface area contributed by atoms with Crippen molar-refractivity contribution >= 4 is 60.5 Å². The highest BCUT2D eigenvalue weighted by atomic mass is 16.3. The summed E-state index contributed by atoms with van der Waals surface area (Å²) in [7, 11) is 0. The molecule has 11 aromatic rings. The highest BCUT2D eigenvalue weighted by molar-refractivity contribution is 6.19. The summed E-state index contributed by atoms with van der Waals surface area (Å²) in [6.45, 7) is 0. The molecule has 2 nitrogen and oxygen atoms in total. The minimum Gasteiger partial charge on any atom is -0.456 e. The molecule has 0 radical (unpaired) electrons. The van der Waals surface area contributed by atoms with Gasteiger partial charge in [-0.05, 0) is 109 Å². The van der Waals surface area contributed by atoms with Gasteiger partial charge in [0.25, 0.3) is 0 Å². The molecule has 0 unspecified atom stereocenters. The Balaban J connectivity index is 1.13. The van der Waals surface area contributed by atoms with Gasteiger partial charge in [-0.3, -0.25) is 0 Å². The summed E-state index contributed by atoms with van der Waals surface area (Å²) in [5.74, 6) is 0. The van der Waals surface area contributed by atoms with Crippen LogP contribution in [-0.2, 0) is 0 Å². The predicted molar refractivity (Wildman–Crippen MR) is 245 cm³/mol. The molecular formula is C56H37NO. The molecule has 11 rings (SSSR count). The second-order valence-electron chi connectivity index (χ2n) is 14.9. The Kier molecular flexibility index (Phi) is 8.19. The van der Waals surface area contributed by atoms with Gasteiger partial charge in [0, 0.05) is 27.7 Å². The molecule has 58 heavy (non-hydrogen) atoms. The Bertz CT molecular complexity index is 3270. The Morgan fingerprint density at radius 3 is 1.74 bits per heavy atom. The van der Waals surface area contributed by atoms with Crippen LogP contribution in [0, 0.1) is 0 Å². The molecule has 0 bridgehead atoms. The van der Waals surface area contributed by atoms with Crippen LogP contribution in [0.5, 0.6) is 0 Å². The van der Waals surface area contributed by atoms with E-state index in [0.29, 0.717) is 0 Å². The lowest BCUT2D eigenvalue weighted by atomic mass is 9.91. The van der Waals surface area contributed by atoms with Crippen molar-refractivity contribution in [3.05, 3.63) is 224 Å². The second-order valence-corrected chi connectivity index (χ2v) is 14.9. The molecule has 0 amide bonds. The van der Waals surface area contributed by atoms with Gasteiger partial charge in [-0.1, -0.05) is 176 Å². The molecule has 0 aliphatic rings. The lowest BCUT2D eigenvalue weighted by Gasteiger charge is -2.29. The molecule has 0 fully saturated rings. The van der Waals surface area contributed by atoms with Gasteiger partial charge >= 0.3 is 0 Å². The van der Waals surface area contributed by atoms with Gasteiger partial charge in [0.2, 0.25) is 0 Å². The van der Waals surface area contributed by atoms with Crippen LogP contribution in [0.2, 0.25) is 0 Å². The van der Waals surface area contributed by atoms with E-state index in [2.05, 4.69) is 223 Å². The van der Waals surface area contributed by atoms with E-state index >= 15 is 0 Å². The maximum absolute atomic E-state index is 6.32. The van der Waals surface area contributed by atoms with Crippen molar-refractivity contribution in [3.8, 4) is 44.5 Å². The fourth-order valence-corrected chi connectivity index (χ4v) is 8.71. The van der Waals surface area contributed by atoms with Gasteiger partial charge in [0.05, 0.1) is 5.69 Å². The van der Waals surface area contributed by atoms with Crippen molar-refractivity contribution in [1.82, 2.24) is 0 Å².